The Kier molecular flexibility index (Phi) is 5.79. The van der Waals surface area contributed by atoms with Gasteiger partial charge in [0.05, 0.1) is 11.0 Å². The van der Waals surface area contributed by atoms with Crippen LogP contribution in [-0.4, -0.2) is 12.4 Å². The summed E-state index contributed by atoms with van der Waals surface area (Å²) in [5, 5.41) is 5.07. The lowest BCUT2D eigenvalue weighted by Crippen LogP contribution is -2.01. The van der Waals surface area contributed by atoms with Gasteiger partial charge in [-0.15, -0.1) is 0 Å². The molecular formula is C40H28BN. The molecule has 0 radical (unpaired) electrons. The lowest BCUT2D eigenvalue weighted by Gasteiger charge is -2.15. The van der Waals surface area contributed by atoms with Gasteiger partial charge in [0, 0.05) is 16.5 Å². The standard InChI is InChI=1S/C40H28BN/c41-35-20-21-40-38(26-35)37-12-6-7-13-39(37)42(40)36-24-33(30-16-14-29(15-17-30)27-8-2-1-3-9-27)23-34(25-36)32-19-18-28-10-4-5-11-31(28)22-32/h1-26H,41H2. The molecule has 42 heavy (non-hydrogen) atoms. The summed E-state index contributed by atoms with van der Waals surface area (Å²) in [6, 6.07) is 57.5. The van der Waals surface area contributed by atoms with Crippen LogP contribution in [0.1, 0.15) is 0 Å². The van der Waals surface area contributed by atoms with E-state index in [0.29, 0.717) is 0 Å². The van der Waals surface area contributed by atoms with Gasteiger partial charge in [-0.3, -0.25) is 0 Å². The highest BCUT2D eigenvalue weighted by atomic mass is 15.0. The van der Waals surface area contributed by atoms with E-state index in [9.17, 15) is 0 Å². The minimum Gasteiger partial charge on any atom is -0.309 e. The molecule has 0 amide bonds. The largest absolute Gasteiger partial charge is 0.309 e. The monoisotopic (exact) mass is 533 g/mol. The van der Waals surface area contributed by atoms with Crippen LogP contribution in [0.2, 0.25) is 0 Å². The number of benzene rings is 7. The number of hydrogen-bond acceptors (Lipinski definition) is 0. The van der Waals surface area contributed by atoms with Gasteiger partial charge in [0.15, 0.2) is 0 Å². The molecule has 8 rings (SSSR count). The van der Waals surface area contributed by atoms with Crippen LogP contribution in [0, 0.1) is 0 Å². The van der Waals surface area contributed by atoms with E-state index in [1.165, 1.54) is 71.4 Å². The third kappa shape index (κ3) is 4.20. The van der Waals surface area contributed by atoms with Crippen molar-refractivity contribution in [2.24, 2.45) is 0 Å². The van der Waals surface area contributed by atoms with Crippen LogP contribution >= 0.6 is 0 Å². The van der Waals surface area contributed by atoms with Gasteiger partial charge >= 0.3 is 0 Å². The Morgan fingerprint density at radius 3 is 1.76 bits per heavy atom. The van der Waals surface area contributed by atoms with E-state index < -0.39 is 0 Å². The maximum Gasteiger partial charge on any atom is 0.139 e. The molecule has 0 aliphatic rings. The summed E-state index contributed by atoms with van der Waals surface area (Å²) in [6.07, 6.45) is 0. The normalized spacial score (nSPS) is 11.4. The van der Waals surface area contributed by atoms with Crippen LogP contribution < -0.4 is 5.46 Å². The Morgan fingerprint density at radius 2 is 0.952 bits per heavy atom. The maximum absolute atomic E-state index is 2.43. The van der Waals surface area contributed by atoms with E-state index in [1.807, 2.05) is 0 Å². The SMILES string of the molecule is Bc1ccc2c(c1)c1ccccc1n2-c1cc(-c2ccc(-c3ccccc3)cc2)cc(-c2ccc3ccccc3c2)c1. The van der Waals surface area contributed by atoms with Gasteiger partial charge in [-0.1, -0.05) is 127 Å². The predicted molar refractivity (Wildman–Crippen MR) is 183 cm³/mol. The Balaban J connectivity index is 1.36. The fourth-order valence-electron chi connectivity index (χ4n) is 6.29. The first kappa shape index (κ1) is 24.5. The molecule has 7 aromatic carbocycles. The summed E-state index contributed by atoms with van der Waals surface area (Å²) in [5.41, 5.74) is 12.2. The third-order valence-corrected chi connectivity index (χ3v) is 8.41. The van der Waals surface area contributed by atoms with Crippen molar-refractivity contribution in [2.45, 2.75) is 0 Å². The highest BCUT2D eigenvalue weighted by molar-refractivity contribution is 6.34. The van der Waals surface area contributed by atoms with Crippen LogP contribution in [0.4, 0.5) is 0 Å². The second-order valence-corrected chi connectivity index (χ2v) is 11.1. The molecule has 196 valence electrons. The number of aromatic nitrogens is 1. The number of fused-ring (bicyclic) bond motifs is 4. The number of rotatable bonds is 4. The molecule has 1 aromatic heterocycles. The Labute approximate surface area is 246 Å². The summed E-state index contributed by atoms with van der Waals surface area (Å²) in [7, 11) is 2.17. The second-order valence-electron chi connectivity index (χ2n) is 11.1. The molecule has 0 unspecified atom stereocenters. The minimum atomic E-state index is 1.16. The molecule has 0 N–H and O–H groups in total. The van der Waals surface area contributed by atoms with Gasteiger partial charge in [-0.25, -0.2) is 0 Å². The predicted octanol–water partition coefficient (Wildman–Crippen LogP) is 9.20. The second kappa shape index (κ2) is 9.94. The topological polar surface area (TPSA) is 4.93 Å². The highest BCUT2D eigenvalue weighted by Crippen LogP contribution is 2.37. The fourth-order valence-corrected chi connectivity index (χ4v) is 6.29. The van der Waals surface area contributed by atoms with Gasteiger partial charge in [0.1, 0.15) is 7.85 Å². The van der Waals surface area contributed by atoms with E-state index in [1.54, 1.807) is 0 Å². The zero-order chi connectivity index (χ0) is 28.0. The number of nitrogens with zero attached hydrogens (tertiary/aromatic N) is 1. The summed E-state index contributed by atoms with van der Waals surface area (Å²) < 4.78 is 2.43. The smallest absolute Gasteiger partial charge is 0.139 e. The molecule has 0 atom stereocenters. The first-order valence-electron chi connectivity index (χ1n) is 14.5. The molecule has 1 nitrogen and oxygen atoms in total. The van der Waals surface area contributed by atoms with E-state index in [4.69, 9.17) is 0 Å². The Hall–Kier alpha value is -5.34. The molecule has 0 bridgehead atoms. The lowest BCUT2D eigenvalue weighted by atomic mass is 9.94. The van der Waals surface area contributed by atoms with Gasteiger partial charge in [-0.05, 0) is 80.6 Å². The fraction of sp³-hybridized carbons (Fsp3) is 0. The van der Waals surface area contributed by atoms with Crippen molar-refractivity contribution in [3.63, 3.8) is 0 Å². The summed E-state index contributed by atoms with van der Waals surface area (Å²) >= 11 is 0. The summed E-state index contributed by atoms with van der Waals surface area (Å²) in [6.45, 7) is 0. The first-order valence-corrected chi connectivity index (χ1v) is 14.5. The van der Waals surface area contributed by atoms with Gasteiger partial charge in [0.2, 0.25) is 0 Å². The van der Waals surface area contributed by atoms with E-state index in [0.717, 1.165) is 5.69 Å². The van der Waals surface area contributed by atoms with Crippen LogP contribution in [0.5, 0.6) is 0 Å². The van der Waals surface area contributed by atoms with Crippen LogP contribution in [0.3, 0.4) is 0 Å². The summed E-state index contributed by atoms with van der Waals surface area (Å²) in [5.74, 6) is 0. The van der Waals surface area contributed by atoms with Gasteiger partial charge < -0.3 is 4.57 Å². The number of para-hydroxylation sites is 1. The van der Waals surface area contributed by atoms with Crippen molar-refractivity contribution in [3.8, 4) is 39.1 Å². The Morgan fingerprint density at radius 1 is 0.357 bits per heavy atom. The van der Waals surface area contributed by atoms with Crippen LogP contribution in [0.15, 0.2) is 158 Å². The van der Waals surface area contributed by atoms with Crippen molar-refractivity contribution >= 4 is 45.9 Å². The molecule has 0 saturated heterocycles. The summed E-state index contributed by atoms with van der Waals surface area (Å²) in [4.78, 5) is 0. The van der Waals surface area contributed by atoms with E-state index in [2.05, 4.69) is 170 Å². The maximum atomic E-state index is 2.43. The average Bonchev–Trinajstić information content (AvgIpc) is 3.38. The lowest BCUT2D eigenvalue weighted by molar-refractivity contribution is 1.18. The van der Waals surface area contributed by atoms with Crippen LogP contribution in [-0.2, 0) is 0 Å². The number of hydrogen-bond donors (Lipinski definition) is 0. The average molecular weight is 533 g/mol. The molecule has 0 aliphatic carbocycles. The molecule has 0 aliphatic heterocycles. The third-order valence-electron chi connectivity index (χ3n) is 8.41. The zero-order valence-electron chi connectivity index (χ0n) is 23.5. The van der Waals surface area contributed by atoms with Crippen molar-refractivity contribution in [2.75, 3.05) is 0 Å². The van der Waals surface area contributed by atoms with E-state index in [-0.39, 0.29) is 0 Å². The van der Waals surface area contributed by atoms with Gasteiger partial charge in [-0.2, -0.15) is 0 Å². The van der Waals surface area contributed by atoms with Crippen molar-refractivity contribution < 1.29 is 0 Å². The van der Waals surface area contributed by atoms with Crippen molar-refractivity contribution in [1.82, 2.24) is 4.57 Å². The molecule has 1 heterocycles. The molecule has 8 aromatic rings. The minimum absolute atomic E-state index is 1.16. The van der Waals surface area contributed by atoms with Crippen molar-refractivity contribution in [3.05, 3.63) is 158 Å². The van der Waals surface area contributed by atoms with E-state index >= 15 is 0 Å². The molecular weight excluding hydrogens is 505 g/mol. The molecule has 0 fully saturated rings. The van der Waals surface area contributed by atoms with Crippen LogP contribution in [0.25, 0.3) is 71.6 Å². The molecule has 0 saturated carbocycles. The van der Waals surface area contributed by atoms with Crippen molar-refractivity contribution in [1.29, 1.82) is 0 Å². The molecule has 2 heteroatoms. The quantitative estimate of drug-likeness (QED) is 0.199. The zero-order valence-corrected chi connectivity index (χ0v) is 23.5. The Bertz CT molecular complexity index is 2240. The first-order chi connectivity index (χ1) is 20.7. The highest BCUT2D eigenvalue weighted by Gasteiger charge is 2.15. The van der Waals surface area contributed by atoms with Gasteiger partial charge in [0.25, 0.3) is 0 Å². The molecule has 0 spiro atoms.